The number of carbonyl (C=O) groups excluding carboxylic acids is 1. The number of likely N-dealkylation sites (tertiary alicyclic amines) is 1. The van der Waals surface area contributed by atoms with Gasteiger partial charge in [-0.1, -0.05) is 11.6 Å². The van der Waals surface area contributed by atoms with Gasteiger partial charge in [-0.05, 0) is 56.5 Å². The predicted molar refractivity (Wildman–Crippen MR) is 95.6 cm³/mol. The molecule has 2 saturated heterocycles. The highest BCUT2D eigenvalue weighted by Gasteiger charge is 2.26. The average Bonchev–Trinajstić information content (AvgIpc) is 3.13. The number of rotatable bonds is 6. The van der Waals surface area contributed by atoms with Crippen molar-refractivity contribution in [1.82, 2.24) is 15.5 Å². The Hall–Kier alpha value is -1.30. The summed E-state index contributed by atoms with van der Waals surface area (Å²) in [5, 5.41) is 7.17. The van der Waals surface area contributed by atoms with Crippen molar-refractivity contribution in [1.29, 1.82) is 0 Å². The Labute approximate surface area is 148 Å². The first-order chi connectivity index (χ1) is 11.7. The molecule has 0 spiro atoms. The topological polar surface area (TPSA) is 53.6 Å². The van der Waals surface area contributed by atoms with E-state index in [1.807, 2.05) is 24.3 Å². The van der Waals surface area contributed by atoms with Gasteiger partial charge >= 0.3 is 0 Å². The fourth-order valence-electron chi connectivity index (χ4n) is 3.33. The number of hydrogen-bond acceptors (Lipinski definition) is 4. The zero-order valence-corrected chi connectivity index (χ0v) is 14.7. The van der Waals surface area contributed by atoms with Crippen LogP contribution in [0, 0.1) is 0 Å². The number of hydrogen-bond donors (Lipinski definition) is 2. The molecule has 2 fully saturated rings. The van der Waals surface area contributed by atoms with Crippen molar-refractivity contribution in [3.05, 3.63) is 29.3 Å². The molecule has 0 unspecified atom stereocenters. The van der Waals surface area contributed by atoms with E-state index < -0.39 is 0 Å². The number of carbonyl (C=O) groups is 1. The maximum atomic E-state index is 12.1. The third kappa shape index (κ3) is 5.10. The molecule has 2 heterocycles. The number of halogens is 1. The third-order valence-corrected chi connectivity index (χ3v) is 5.05. The predicted octanol–water partition coefficient (Wildman–Crippen LogP) is 2.05. The van der Waals surface area contributed by atoms with Crippen LogP contribution in [0.3, 0.4) is 0 Å². The zero-order valence-electron chi connectivity index (χ0n) is 14.0. The van der Waals surface area contributed by atoms with Gasteiger partial charge in [0.25, 0.3) is 0 Å². The second-order valence-electron chi connectivity index (χ2n) is 6.58. The molecule has 24 heavy (non-hydrogen) atoms. The van der Waals surface area contributed by atoms with Crippen molar-refractivity contribution >= 4 is 17.5 Å². The highest BCUT2D eigenvalue weighted by atomic mass is 35.5. The first-order valence-electron chi connectivity index (χ1n) is 8.85. The van der Waals surface area contributed by atoms with Crippen LogP contribution in [0.5, 0.6) is 5.75 Å². The Kier molecular flexibility index (Phi) is 6.35. The fourth-order valence-corrected chi connectivity index (χ4v) is 3.46. The second-order valence-corrected chi connectivity index (χ2v) is 7.01. The highest BCUT2D eigenvalue weighted by molar-refractivity contribution is 6.30. The van der Waals surface area contributed by atoms with Crippen LogP contribution >= 0.6 is 11.6 Å². The maximum absolute atomic E-state index is 12.1. The molecule has 1 atom stereocenters. The number of nitrogens with zero attached hydrogens (tertiary/aromatic N) is 1. The van der Waals surface area contributed by atoms with E-state index >= 15 is 0 Å². The molecule has 1 aromatic rings. The van der Waals surface area contributed by atoms with Crippen molar-refractivity contribution in [3.63, 3.8) is 0 Å². The molecular formula is C18H26ClN3O2. The van der Waals surface area contributed by atoms with Crippen LogP contribution in [0.15, 0.2) is 24.3 Å². The van der Waals surface area contributed by atoms with Gasteiger partial charge in [0.1, 0.15) is 12.4 Å². The number of nitrogens with one attached hydrogen (secondary N) is 2. The van der Waals surface area contributed by atoms with Crippen LogP contribution < -0.4 is 15.4 Å². The van der Waals surface area contributed by atoms with E-state index in [0.29, 0.717) is 12.6 Å². The standard InChI is InChI=1S/C18H26ClN3O2/c19-14-3-5-16(6-4-14)24-13-12-22-10-7-15(8-11-22)21-18(23)17-2-1-9-20-17/h3-6,15,17,20H,1-2,7-13H2,(H,21,23)/t17-/m0/s1. The van der Waals surface area contributed by atoms with Gasteiger partial charge in [0.05, 0.1) is 6.04 Å². The summed E-state index contributed by atoms with van der Waals surface area (Å²) < 4.78 is 5.74. The molecule has 132 valence electrons. The molecule has 3 rings (SSSR count). The number of amides is 1. The minimum absolute atomic E-state index is 0.0239. The van der Waals surface area contributed by atoms with E-state index in [1.165, 1.54) is 0 Å². The van der Waals surface area contributed by atoms with Crippen LogP contribution in [-0.4, -0.2) is 55.7 Å². The molecule has 1 aromatic carbocycles. The summed E-state index contributed by atoms with van der Waals surface area (Å²) in [5.74, 6) is 1.03. The molecule has 2 N–H and O–H groups in total. The summed E-state index contributed by atoms with van der Waals surface area (Å²) in [4.78, 5) is 14.5. The van der Waals surface area contributed by atoms with Gasteiger partial charge in [-0.25, -0.2) is 0 Å². The molecule has 6 heteroatoms. The molecular weight excluding hydrogens is 326 g/mol. The quantitative estimate of drug-likeness (QED) is 0.823. The first kappa shape index (κ1) is 17.5. The van der Waals surface area contributed by atoms with Crippen LogP contribution in [0.4, 0.5) is 0 Å². The van der Waals surface area contributed by atoms with Gasteiger partial charge in [-0.2, -0.15) is 0 Å². The van der Waals surface area contributed by atoms with Crippen LogP contribution in [0.2, 0.25) is 5.02 Å². The van der Waals surface area contributed by atoms with Gasteiger partial charge in [0.15, 0.2) is 0 Å². The lowest BCUT2D eigenvalue weighted by Gasteiger charge is -2.32. The van der Waals surface area contributed by atoms with Gasteiger partial charge < -0.3 is 15.4 Å². The molecule has 0 bridgehead atoms. The Balaban J connectivity index is 1.31. The second kappa shape index (κ2) is 8.70. The summed E-state index contributed by atoms with van der Waals surface area (Å²) in [6.45, 7) is 4.56. The molecule has 0 aliphatic carbocycles. The van der Waals surface area contributed by atoms with E-state index in [9.17, 15) is 4.79 Å². The lowest BCUT2D eigenvalue weighted by Crippen LogP contribution is -2.49. The highest BCUT2D eigenvalue weighted by Crippen LogP contribution is 2.16. The lowest BCUT2D eigenvalue weighted by molar-refractivity contribution is -0.123. The Morgan fingerprint density at radius 2 is 2.00 bits per heavy atom. The minimum Gasteiger partial charge on any atom is -0.492 e. The maximum Gasteiger partial charge on any atom is 0.237 e. The molecule has 0 radical (unpaired) electrons. The monoisotopic (exact) mass is 351 g/mol. The number of piperidine rings is 1. The Morgan fingerprint density at radius 3 is 2.67 bits per heavy atom. The van der Waals surface area contributed by atoms with E-state index in [-0.39, 0.29) is 11.9 Å². The number of ether oxygens (including phenoxy) is 1. The van der Waals surface area contributed by atoms with Crippen LogP contribution in [0.25, 0.3) is 0 Å². The SMILES string of the molecule is O=C(NC1CCN(CCOc2ccc(Cl)cc2)CC1)[C@@H]1CCCN1. The van der Waals surface area contributed by atoms with Crippen LogP contribution in [0.1, 0.15) is 25.7 Å². The van der Waals surface area contributed by atoms with Crippen molar-refractivity contribution in [2.75, 3.05) is 32.8 Å². The minimum atomic E-state index is 0.0239. The molecule has 1 amide bonds. The lowest BCUT2D eigenvalue weighted by atomic mass is 10.0. The summed E-state index contributed by atoms with van der Waals surface area (Å²) >= 11 is 5.86. The van der Waals surface area contributed by atoms with Crippen molar-refractivity contribution in [3.8, 4) is 5.75 Å². The molecule has 5 nitrogen and oxygen atoms in total. The van der Waals surface area contributed by atoms with E-state index in [0.717, 1.165) is 62.6 Å². The van der Waals surface area contributed by atoms with Crippen LogP contribution in [-0.2, 0) is 4.79 Å². The molecule has 2 aliphatic rings. The average molecular weight is 352 g/mol. The summed E-state index contributed by atoms with van der Waals surface area (Å²) in [5.41, 5.74) is 0. The van der Waals surface area contributed by atoms with Crippen molar-refractivity contribution < 1.29 is 9.53 Å². The summed E-state index contributed by atoms with van der Waals surface area (Å²) in [6.07, 6.45) is 4.09. The van der Waals surface area contributed by atoms with Crippen molar-refractivity contribution in [2.45, 2.75) is 37.8 Å². The van der Waals surface area contributed by atoms with E-state index in [4.69, 9.17) is 16.3 Å². The van der Waals surface area contributed by atoms with Gasteiger partial charge in [0.2, 0.25) is 5.91 Å². The third-order valence-electron chi connectivity index (χ3n) is 4.80. The molecule has 2 aliphatic heterocycles. The smallest absolute Gasteiger partial charge is 0.237 e. The normalized spacial score (nSPS) is 22.5. The van der Waals surface area contributed by atoms with E-state index in [2.05, 4.69) is 15.5 Å². The van der Waals surface area contributed by atoms with Crippen molar-refractivity contribution in [2.24, 2.45) is 0 Å². The summed E-state index contributed by atoms with van der Waals surface area (Å²) in [6, 6.07) is 7.79. The Bertz CT molecular complexity index is 524. The van der Waals surface area contributed by atoms with Gasteiger partial charge in [0, 0.05) is 30.7 Å². The zero-order chi connectivity index (χ0) is 16.8. The number of benzene rings is 1. The largest absolute Gasteiger partial charge is 0.492 e. The van der Waals surface area contributed by atoms with Gasteiger partial charge in [-0.3, -0.25) is 9.69 Å². The fraction of sp³-hybridized carbons (Fsp3) is 0.611. The molecule has 0 saturated carbocycles. The summed E-state index contributed by atoms with van der Waals surface area (Å²) in [7, 11) is 0. The Morgan fingerprint density at radius 1 is 1.25 bits per heavy atom. The first-order valence-corrected chi connectivity index (χ1v) is 9.23. The van der Waals surface area contributed by atoms with E-state index in [1.54, 1.807) is 0 Å². The molecule has 0 aromatic heterocycles. The van der Waals surface area contributed by atoms with Gasteiger partial charge in [-0.15, -0.1) is 0 Å².